The number of nitrogens with zero attached hydrogens (tertiary/aromatic N) is 2. The van der Waals surface area contributed by atoms with E-state index in [1.165, 1.54) is 0 Å². The van der Waals surface area contributed by atoms with Crippen LogP contribution in [0.5, 0.6) is 0 Å². The first-order valence-corrected chi connectivity index (χ1v) is 7.83. The third-order valence-corrected chi connectivity index (χ3v) is 4.74. The second-order valence-electron chi connectivity index (χ2n) is 6.58. The Morgan fingerprint density at radius 1 is 1.50 bits per heavy atom. The Kier molecular flexibility index (Phi) is 2.97. The van der Waals surface area contributed by atoms with E-state index in [9.17, 15) is 9.90 Å². The quantitative estimate of drug-likeness (QED) is 0.902. The molecule has 2 N–H and O–H groups in total. The lowest BCUT2D eigenvalue weighted by atomic mass is 9.80. The van der Waals surface area contributed by atoms with Gasteiger partial charge in [-0.15, -0.1) is 0 Å². The Bertz CT molecular complexity index is 744. The molecule has 1 amide bonds. The monoisotopic (exact) mass is 301 g/mol. The van der Waals surface area contributed by atoms with Crippen LogP contribution in [0.15, 0.2) is 10.6 Å². The van der Waals surface area contributed by atoms with Crippen LogP contribution >= 0.6 is 0 Å². The van der Waals surface area contributed by atoms with Crippen LogP contribution in [0.4, 0.5) is 0 Å². The number of rotatable bonds is 4. The molecule has 4 rings (SSSR count). The van der Waals surface area contributed by atoms with Crippen molar-refractivity contribution in [1.82, 2.24) is 15.5 Å². The number of pyridine rings is 1. The van der Waals surface area contributed by atoms with Crippen molar-refractivity contribution in [2.45, 2.75) is 50.5 Å². The Hall–Kier alpha value is -1.95. The van der Waals surface area contributed by atoms with Gasteiger partial charge in [-0.3, -0.25) is 4.79 Å². The van der Waals surface area contributed by atoms with Crippen molar-refractivity contribution in [3.8, 4) is 0 Å². The van der Waals surface area contributed by atoms with Crippen molar-refractivity contribution >= 4 is 17.0 Å². The van der Waals surface area contributed by atoms with Crippen LogP contribution < -0.4 is 5.32 Å². The maximum absolute atomic E-state index is 12.6. The molecule has 2 aliphatic rings. The van der Waals surface area contributed by atoms with Crippen molar-refractivity contribution in [2.24, 2.45) is 0 Å². The van der Waals surface area contributed by atoms with Gasteiger partial charge in [-0.25, -0.2) is 4.98 Å². The van der Waals surface area contributed by atoms with Crippen molar-refractivity contribution in [1.29, 1.82) is 0 Å². The van der Waals surface area contributed by atoms with Gasteiger partial charge in [-0.1, -0.05) is 5.16 Å². The molecule has 0 unspecified atom stereocenters. The zero-order chi connectivity index (χ0) is 15.3. The summed E-state index contributed by atoms with van der Waals surface area (Å²) < 4.78 is 5.25. The number of nitrogens with one attached hydrogen (secondary N) is 1. The fraction of sp³-hybridized carbons (Fsp3) is 0.562. The van der Waals surface area contributed by atoms with Crippen LogP contribution in [0, 0.1) is 6.92 Å². The molecular weight excluding hydrogens is 282 g/mol. The van der Waals surface area contributed by atoms with Crippen LogP contribution in [0.1, 0.15) is 59.8 Å². The molecule has 2 heterocycles. The van der Waals surface area contributed by atoms with E-state index in [1.807, 2.05) is 6.07 Å². The highest BCUT2D eigenvalue weighted by Crippen LogP contribution is 2.40. The van der Waals surface area contributed by atoms with Crippen LogP contribution in [0.25, 0.3) is 11.1 Å². The summed E-state index contributed by atoms with van der Waals surface area (Å²) >= 11 is 0. The number of hydrogen-bond donors (Lipinski definition) is 2. The number of aromatic nitrogens is 2. The van der Waals surface area contributed by atoms with E-state index < -0.39 is 5.60 Å². The van der Waals surface area contributed by atoms with E-state index >= 15 is 0 Å². The number of aliphatic hydroxyl groups is 1. The lowest BCUT2D eigenvalue weighted by Gasteiger charge is -2.36. The zero-order valence-electron chi connectivity index (χ0n) is 12.6. The maximum atomic E-state index is 12.6. The molecule has 2 aromatic rings. The molecule has 116 valence electrons. The van der Waals surface area contributed by atoms with Crippen molar-refractivity contribution in [3.05, 3.63) is 23.0 Å². The SMILES string of the molecule is Cc1noc2nc(C3CC3)cc(C(=O)NCC3(O)CCC3)c12. The number of aryl methyl sites for hydroxylation is 1. The zero-order valence-corrected chi connectivity index (χ0v) is 12.6. The summed E-state index contributed by atoms with van der Waals surface area (Å²) in [5.74, 6) is 0.234. The Labute approximate surface area is 127 Å². The van der Waals surface area contributed by atoms with Gasteiger partial charge in [0.25, 0.3) is 11.6 Å². The number of carbonyl (C=O) groups is 1. The van der Waals surface area contributed by atoms with E-state index in [0.717, 1.165) is 37.8 Å². The van der Waals surface area contributed by atoms with Gasteiger partial charge >= 0.3 is 0 Å². The minimum Gasteiger partial charge on any atom is -0.388 e. The fourth-order valence-corrected chi connectivity index (χ4v) is 2.98. The number of carbonyl (C=O) groups excluding carboxylic acids is 1. The highest BCUT2D eigenvalue weighted by Gasteiger charge is 2.35. The second kappa shape index (κ2) is 4.78. The predicted octanol–water partition coefficient (Wildman–Crippen LogP) is 2.05. The average Bonchev–Trinajstić information content (AvgIpc) is 3.26. The van der Waals surface area contributed by atoms with Crippen molar-refractivity contribution in [3.63, 3.8) is 0 Å². The van der Waals surface area contributed by atoms with Crippen LogP contribution in [-0.2, 0) is 0 Å². The molecule has 0 aliphatic heterocycles. The molecule has 2 aliphatic carbocycles. The van der Waals surface area contributed by atoms with E-state index in [0.29, 0.717) is 34.8 Å². The molecule has 0 radical (unpaired) electrons. The van der Waals surface area contributed by atoms with Gasteiger partial charge < -0.3 is 14.9 Å². The minimum absolute atomic E-state index is 0.194. The average molecular weight is 301 g/mol. The third kappa shape index (κ3) is 2.27. The molecule has 2 saturated carbocycles. The van der Waals surface area contributed by atoms with E-state index in [2.05, 4.69) is 15.5 Å². The number of hydrogen-bond acceptors (Lipinski definition) is 5. The minimum atomic E-state index is -0.731. The predicted molar refractivity (Wildman–Crippen MR) is 79.7 cm³/mol. The Morgan fingerprint density at radius 3 is 2.91 bits per heavy atom. The molecule has 0 aromatic carbocycles. The molecule has 22 heavy (non-hydrogen) atoms. The first-order valence-electron chi connectivity index (χ1n) is 7.83. The number of fused-ring (bicyclic) bond motifs is 1. The van der Waals surface area contributed by atoms with Crippen LogP contribution in [-0.4, -0.2) is 33.3 Å². The summed E-state index contributed by atoms with van der Waals surface area (Å²) in [7, 11) is 0. The van der Waals surface area contributed by atoms with Crippen molar-refractivity contribution < 1.29 is 14.4 Å². The summed E-state index contributed by atoms with van der Waals surface area (Å²) in [6.07, 6.45) is 4.72. The molecule has 0 bridgehead atoms. The van der Waals surface area contributed by atoms with Gasteiger partial charge in [0.1, 0.15) is 0 Å². The topological polar surface area (TPSA) is 88.2 Å². The van der Waals surface area contributed by atoms with Crippen LogP contribution in [0.2, 0.25) is 0 Å². The van der Waals surface area contributed by atoms with Gasteiger partial charge in [0.05, 0.1) is 22.2 Å². The molecule has 0 spiro atoms. The fourth-order valence-electron chi connectivity index (χ4n) is 2.98. The highest BCUT2D eigenvalue weighted by molar-refractivity contribution is 6.06. The van der Waals surface area contributed by atoms with Gasteiger partial charge in [0.15, 0.2) is 0 Å². The van der Waals surface area contributed by atoms with Crippen molar-refractivity contribution in [2.75, 3.05) is 6.54 Å². The van der Waals surface area contributed by atoms with Crippen LogP contribution in [0.3, 0.4) is 0 Å². The summed E-state index contributed by atoms with van der Waals surface area (Å²) in [5, 5.41) is 17.6. The Morgan fingerprint density at radius 2 is 2.27 bits per heavy atom. The largest absolute Gasteiger partial charge is 0.388 e. The number of amides is 1. The molecule has 2 aromatic heterocycles. The lowest BCUT2D eigenvalue weighted by Crippen LogP contribution is -2.47. The van der Waals surface area contributed by atoms with Gasteiger partial charge in [-0.2, -0.15) is 0 Å². The summed E-state index contributed by atoms with van der Waals surface area (Å²) in [6.45, 7) is 2.10. The summed E-state index contributed by atoms with van der Waals surface area (Å²) in [6, 6.07) is 1.85. The van der Waals surface area contributed by atoms with Gasteiger partial charge in [0.2, 0.25) is 0 Å². The Balaban J connectivity index is 1.66. The van der Waals surface area contributed by atoms with Gasteiger partial charge in [-0.05, 0) is 45.1 Å². The molecule has 0 atom stereocenters. The van der Waals surface area contributed by atoms with E-state index in [1.54, 1.807) is 6.92 Å². The molecule has 6 nitrogen and oxygen atoms in total. The second-order valence-corrected chi connectivity index (χ2v) is 6.58. The van der Waals surface area contributed by atoms with Gasteiger partial charge in [0, 0.05) is 18.2 Å². The van der Waals surface area contributed by atoms with E-state index in [4.69, 9.17) is 4.52 Å². The molecule has 6 heteroatoms. The summed E-state index contributed by atoms with van der Waals surface area (Å²) in [4.78, 5) is 17.1. The smallest absolute Gasteiger partial charge is 0.259 e. The molecule has 2 fully saturated rings. The molecular formula is C16H19N3O3. The van der Waals surface area contributed by atoms with E-state index in [-0.39, 0.29) is 5.91 Å². The first kappa shape index (κ1) is 13.7. The summed E-state index contributed by atoms with van der Waals surface area (Å²) in [5.41, 5.74) is 1.81. The standard InChI is InChI=1S/C16H19N3O3/c1-9-13-11(14(20)17-8-16(21)5-2-6-16)7-12(10-3-4-10)18-15(13)22-19-9/h7,10,21H,2-6,8H2,1H3,(H,17,20). The maximum Gasteiger partial charge on any atom is 0.259 e. The lowest BCUT2D eigenvalue weighted by molar-refractivity contribution is -0.0300. The molecule has 0 saturated heterocycles. The first-order chi connectivity index (χ1) is 10.6. The highest BCUT2D eigenvalue weighted by atomic mass is 16.5. The normalized spacial score (nSPS) is 19.9. The third-order valence-electron chi connectivity index (χ3n) is 4.74.